The number of nitrogens with two attached hydrogens (primary N) is 1. The summed E-state index contributed by atoms with van der Waals surface area (Å²) in [6.45, 7) is 8.59. The fourth-order valence-corrected chi connectivity index (χ4v) is 4.81. The van der Waals surface area contributed by atoms with E-state index in [1.807, 2.05) is 0 Å². The summed E-state index contributed by atoms with van der Waals surface area (Å²) < 4.78 is 25.9. The number of piperidine rings is 1. The number of likely N-dealkylation sites (tertiary alicyclic amines) is 1. The summed E-state index contributed by atoms with van der Waals surface area (Å²) in [6, 6.07) is 10.8. The Morgan fingerprint density at radius 3 is 2.57 bits per heavy atom. The summed E-state index contributed by atoms with van der Waals surface area (Å²) >= 11 is 0. The van der Waals surface area contributed by atoms with E-state index >= 15 is 0 Å². The second kappa shape index (κ2) is 13.3. The average Bonchev–Trinajstić information content (AvgIpc) is 3.00. The summed E-state index contributed by atoms with van der Waals surface area (Å²) in [6.07, 6.45) is 6.31. The van der Waals surface area contributed by atoms with Crippen molar-refractivity contribution in [2.45, 2.75) is 39.3 Å². The molecule has 0 radical (unpaired) electrons. The Morgan fingerprint density at radius 1 is 1.11 bits per heavy atom. The number of nitrogens with zero attached hydrogens (tertiary/aromatic N) is 5. The van der Waals surface area contributed by atoms with Crippen molar-refractivity contribution in [3.63, 3.8) is 0 Å². The second-order valence-electron chi connectivity index (χ2n) is 10.5. The van der Waals surface area contributed by atoms with Crippen LogP contribution in [0, 0.1) is 18.2 Å². The highest BCUT2D eigenvalue weighted by Gasteiger charge is 2.26. The number of hydrogen-bond acceptors (Lipinski definition) is 10. The maximum absolute atomic E-state index is 14.3. The third-order valence-corrected chi connectivity index (χ3v) is 7.00. The third-order valence-electron chi connectivity index (χ3n) is 7.00. The molecule has 1 fully saturated rings. The van der Waals surface area contributed by atoms with Crippen LogP contribution in [0.3, 0.4) is 0 Å². The lowest BCUT2D eigenvalue weighted by atomic mass is 10.0. The molecule has 11 nitrogen and oxygen atoms in total. The molecule has 0 spiro atoms. The first kappa shape index (κ1) is 30.1. The van der Waals surface area contributed by atoms with E-state index in [0.29, 0.717) is 52.9 Å². The quantitative estimate of drug-likeness (QED) is 0.168. The van der Waals surface area contributed by atoms with Crippen molar-refractivity contribution >= 4 is 23.3 Å². The highest BCUT2D eigenvalue weighted by atomic mass is 19.1. The third kappa shape index (κ3) is 7.33. The van der Waals surface area contributed by atoms with Gasteiger partial charge in [-0.2, -0.15) is 0 Å². The van der Waals surface area contributed by atoms with Gasteiger partial charge in [0.2, 0.25) is 5.91 Å². The first-order chi connectivity index (χ1) is 21.2. The number of rotatable bonds is 10. The Hall–Kier alpha value is -5.39. The highest BCUT2D eigenvalue weighted by Crippen LogP contribution is 2.29. The summed E-state index contributed by atoms with van der Waals surface area (Å²) in [7, 11) is 0. The lowest BCUT2D eigenvalue weighted by Crippen LogP contribution is -2.45. The monoisotopic (exact) mass is 596 g/mol. The number of hydrogen-bond donors (Lipinski definition) is 3. The maximum Gasteiger partial charge on any atom is 0.248 e. The van der Waals surface area contributed by atoms with Crippen molar-refractivity contribution in [3.8, 4) is 17.2 Å². The van der Waals surface area contributed by atoms with Crippen molar-refractivity contribution in [2.75, 3.05) is 24.1 Å². The molecule has 3 heterocycles. The molecule has 44 heavy (non-hydrogen) atoms. The van der Waals surface area contributed by atoms with Gasteiger partial charge in [-0.15, -0.1) is 0 Å². The van der Waals surface area contributed by atoms with Gasteiger partial charge in [-0.25, -0.2) is 24.3 Å². The Labute approximate surface area is 254 Å². The molecule has 1 atom stereocenters. The maximum atomic E-state index is 14.3. The number of nitrogens with one attached hydrogen (secondary N) is 2. The van der Waals surface area contributed by atoms with E-state index < -0.39 is 5.82 Å². The number of nitrogen functional groups attached to an aromatic ring is 1. The van der Waals surface area contributed by atoms with Crippen LogP contribution < -0.4 is 20.5 Å². The van der Waals surface area contributed by atoms with Crippen LogP contribution in [0.1, 0.15) is 42.3 Å². The molecule has 1 amide bonds. The molecule has 0 saturated carbocycles. The normalized spacial score (nSPS) is 14.5. The summed E-state index contributed by atoms with van der Waals surface area (Å²) in [5, 5.41) is 12.3. The first-order valence-electron chi connectivity index (χ1n) is 14.1. The lowest BCUT2D eigenvalue weighted by molar-refractivity contribution is -0.128. The SMILES string of the molecule is C=C(C)C(=O)N1CCCC(Nc2ncnc(N)c2C(=N)c2ccc(Oc3cc(F)cc(OCc4cnc(C)nc4)c3)cc2)C1. The molecule has 1 unspecified atom stereocenters. The zero-order chi connectivity index (χ0) is 31.2. The molecule has 226 valence electrons. The Bertz CT molecular complexity index is 1680. The number of carbonyl (C=O) groups excluding carboxylic acids is 1. The van der Waals surface area contributed by atoms with Gasteiger partial charge in [-0.05, 0) is 51.0 Å². The van der Waals surface area contributed by atoms with Gasteiger partial charge >= 0.3 is 0 Å². The average molecular weight is 597 g/mol. The van der Waals surface area contributed by atoms with Gasteiger partial charge in [-0.3, -0.25) is 10.2 Å². The van der Waals surface area contributed by atoms with Crippen LogP contribution in [0.4, 0.5) is 16.0 Å². The van der Waals surface area contributed by atoms with E-state index in [-0.39, 0.29) is 35.8 Å². The summed E-state index contributed by atoms with van der Waals surface area (Å²) in [4.78, 5) is 31.0. The Kier molecular flexibility index (Phi) is 9.08. The standard InChI is InChI=1S/C32H33FN8O3/c1-19(2)32(42)41-10-4-5-24(16-41)40-31-28(30(35)38-18-39-31)29(34)22-6-8-25(9-7-22)44-27-12-23(33)11-26(13-27)43-17-21-14-36-20(3)37-15-21/h6-9,11-15,18,24,34H,1,4-5,10,16-17H2,2-3H3,(H3,35,38,39,40). The van der Waals surface area contributed by atoms with Crippen LogP contribution in [-0.2, 0) is 11.4 Å². The van der Waals surface area contributed by atoms with Crippen LogP contribution in [0.25, 0.3) is 0 Å². The smallest absolute Gasteiger partial charge is 0.248 e. The van der Waals surface area contributed by atoms with E-state index in [2.05, 4.69) is 31.8 Å². The molecule has 1 saturated heterocycles. The minimum atomic E-state index is -0.513. The van der Waals surface area contributed by atoms with Crippen molar-refractivity contribution < 1.29 is 18.7 Å². The molecule has 2 aromatic carbocycles. The lowest BCUT2D eigenvalue weighted by Gasteiger charge is -2.34. The summed E-state index contributed by atoms with van der Waals surface area (Å²) in [5.41, 5.74) is 8.49. The zero-order valence-corrected chi connectivity index (χ0v) is 24.5. The predicted octanol–water partition coefficient (Wildman–Crippen LogP) is 5.06. The van der Waals surface area contributed by atoms with Crippen LogP contribution >= 0.6 is 0 Å². The highest BCUT2D eigenvalue weighted by molar-refractivity contribution is 6.16. The first-order valence-corrected chi connectivity index (χ1v) is 14.1. The minimum Gasteiger partial charge on any atom is -0.489 e. The van der Waals surface area contributed by atoms with E-state index in [0.717, 1.165) is 18.4 Å². The molecular formula is C32H33FN8O3. The summed E-state index contributed by atoms with van der Waals surface area (Å²) in [5.74, 6) is 1.62. The van der Waals surface area contributed by atoms with E-state index in [1.54, 1.807) is 61.5 Å². The fourth-order valence-electron chi connectivity index (χ4n) is 4.81. The van der Waals surface area contributed by atoms with Crippen LogP contribution in [0.5, 0.6) is 17.2 Å². The van der Waals surface area contributed by atoms with Crippen LogP contribution in [0.2, 0.25) is 0 Å². The topological polar surface area (TPSA) is 152 Å². The van der Waals surface area contributed by atoms with Gasteiger partial charge in [-0.1, -0.05) is 6.58 Å². The number of halogens is 1. The largest absolute Gasteiger partial charge is 0.489 e. The minimum absolute atomic E-state index is 0.0750. The number of anilines is 2. The number of amides is 1. The van der Waals surface area contributed by atoms with Crippen LogP contribution in [-0.4, -0.2) is 55.6 Å². The van der Waals surface area contributed by atoms with Gasteiger partial charge in [0.05, 0.1) is 11.3 Å². The predicted molar refractivity (Wildman–Crippen MR) is 164 cm³/mol. The van der Waals surface area contributed by atoms with Crippen molar-refractivity contribution in [2.24, 2.45) is 0 Å². The number of carbonyl (C=O) groups is 1. The number of benzene rings is 2. The van der Waals surface area contributed by atoms with E-state index in [1.165, 1.54) is 18.5 Å². The fraction of sp³-hybridized carbons (Fsp3) is 0.250. The molecular weight excluding hydrogens is 563 g/mol. The number of aromatic nitrogens is 4. The van der Waals surface area contributed by atoms with Gasteiger partial charge in [0.1, 0.15) is 53.5 Å². The Balaban J connectivity index is 1.27. The second-order valence-corrected chi connectivity index (χ2v) is 10.5. The van der Waals surface area contributed by atoms with Crippen LogP contribution in [0.15, 0.2) is 73.3 Å². The van der Waals surface area contributed by atoms with Crippen molar-refractivity contribution in [3.05, 3.63) is 102 Å². The van der Waals surface area contributed by atoms with Crippen molar-refractivity contribution in [1.82, 2.24) is 24.8 Å². The van der Waals surface area contributed by atoms with Crippen molar-refractivity contribution in [1.29, 1.82) is 5.41 Å². The van der Waals surface area contributed by atoms with Gasteiger partial charge in [0.25, 0.3) is 0 Å². The molecule has 1 aliphatic rings. The zero-order valence-electron chi connectivity index (χ0n) is 24.5. The van der Waals surface area contributed by atoms with Gasteiger partial charge in [0.15, 0.2) is 0 Å². The van der Waals surface area contributed by atoms with E-state index in [9.17, 15) is 9.18 Å². The number of ether oxygens (including phenoxy) is 2. The molecule has 0 aliphatic carbocycles. The molecule has 1 aliphatic heterocycles. The molecule has 5 rings (SSSR count). The number of aryl methyl sites for hydroxylation is 1. The Morgan fingerprint density at radius 2 is 1.84 bits per heavy atom. The van der Waals surface area contributed by atoms with E-state index in [4.69, 9.17) is 20.6 Å². The molecule has 12 heteroatoms. The molecule has 2 aromatic heterocycles. The molecule has 0 bridgehead atoms. The van der Waals surface area contributed by atoms with Gasteiger partial charge in [0, 0.05) is 66.4 Å². The van der Waals surface area contributed by atoms with Gasteiger partial charge < -0.3 is 25.4 Å². The molecule has 4 N–H and O–H groups in total. The molecule has 4 aromatic rings.